The van der Waals surface area contributed by atoms with Gasteiger partial charge in [-0.15, -0.1) is 0 Å². The molecule has 4 N–H and O–H groups in total. The van der Waals surface area contributed by atoms with Crippen molar-refractivity contribution in [1.29, 1.82) is 0 Å². The van der Waals surface area contributed by atoms with Crippen molar-refractivity contribution in [3.05, 3.63) is 83.8 Å². The predicted octanol–water partition coefficient (Wildman–Crippen LogP) is 1.90. The highest BCUT2D eigenvalue weighted by atomic mass is 32.2. The van der Waals surface area contributed by atoms with Gasteiger partial charge in [0.2, 0.25) is 20.0 Å². The number of carbonyl (C=O) groups excluding carboxylic acids is 1. The van der Waals surface area contributed by atoms with Crippen molar-refractivity contribution in [3.63, 3.8) is 0 Å². The van der Waals surface area contributed by atoms with Gasteiger partial charge in [-0.1, -0.05) is 18.2 Å². The summed E-state index contributed by atoms with van der Waals surface area (Å²) in [5, 5.41) is 7.83. The summed E-state index contributed by atoms with van der Waals surface area (Å²) in [6.07, 6.45) is 1.44. The Bertz CT molecular complexity index is 1270. The standard InChI is InChI=1S/C20H21N3O6S2/c1-14(15-7-9-18(10-8-15)30(21,25)26)23-20(24)16-4-2-6-19(12-16)31(27,28)22-13-17-5-3-11-29-17/h2-12,14,22H,13H2,1H3,(H,23,24)(H2,21,25,26). The molecule has 3 rings (SSSR count). The van der Waals surface area contributed by atoms with E-state index in [9.17, 15) is 21.6 Å². The maximum Gasteiger partial charge on any atom is 0.251 e. The lowest BCUT2D eigenvalue weighted by molar-refractivity contribution is 0.0939. The quantitative estimate of drug-likeness (QED) is 0.464. The summed E-state index contributed by atoms with van der Waals surface area (Å²) in [5.41, 5.74) is 0.818. The number of hydrogen-bond donors (Lipinski definition) is 3. The average molecular weight is 464 g/mol. The zero-order chi connectivity index (χ0) is 22.6. The summed E-state index contributed by atoms with van der Waals surface area (Å²) in [6.45, 7) is 1.70. The molecule has 1 heterocycles. The second-order valence-electron chi connectivity index (χ2n) is 6.74. The molecule has 9 nitrogen and oxygen atoms in total. The Morgan fingerprint density at radius 2 is 1.71 bits per heavy atom. The number of carbonyl (C=O) groups is 1. The second kappa shape index (κ2) is 9.02. The van der Waals surface area contributed by atoms with Gasteiger partial charge in [-0.3, -0.25) is 4.79 Å². The number of rotatable bonds is 8. The molecule has 0 bridgehead atoms. The Kier molecular flexibility index (Phi) is 6.60. The molecule has 11 heteroatoms. The molecule has 0 radical (unpaired) electrons. The summed E-state index contributed by atoms with van der Waals surface area (Å²) in [7, 11) is -7.66. The van der Waals surface area contributed by atoms with Crippen molar-refractivity contribution in [3.8, 4) is 0 Å². The fourth-order valence-electron chi connectivity index (χ4n) is 2.78. The topological polar surface area (TPSA) is 149 Å². The molecule has 0 saturated heterocycles. The van der Waals surface area contributed by atoms with Crippen molar-refractivity contribution in [1.82, 2.24) is 10.0 Å². The molecule has 0 aliphatic carbocycles. The van der Waals surface area contributed by atoms with Crippen LogP contribution < -0.4 is 15.2 Å². The van der Waals surface area contributed by atoms with Gasteiger partial charge in [0.1, 0.15) is 5.76 Å². The van der Waals surface area contributed by atoms with Gasteiger partial charge in [0.05, 0.1) is 28.6 Å². The van der Waals surface area contributed by atoms with Crippen molar-refractivity contribution < 1.29 is 26.0 Å². The minimum atomic E-state index is -3.85. The highest BCUT2D eigenvalue weighted by Gasteiger charge is 2.18. The molecule has 1 unspecified atom stereocenters. The summed E-state index contributed by atoms with van der Waals surface area (Å²) < 4.78 is 55.3. The molecule has 0 aliphatic heterocycles. The van der Waals surface area contributed by atoms with Crippen LogP contribution >= 0.6 is 0 Å². The smallest absolute Gasteiger partial charge is 0.251 e. The molecule has 31 heavy (non-hydrogen) atoms. The lowest BCUT2D eigenvalue weighted by atomic mass is 10.1. The number of nitrogens with two attached hydrogens (primary N) is 1. The molecule has 164 valence electrons. The number of benzene rings is 2. The summed E-state index contributed by atoms with van der Waals surface area (Å²) in [6, 6.07) is 14.3. The number of amides is 1. The molecule has 0 saturated carbocycles. The molecule has 1 amide bonds. The van der Waals surface area contributed by atoms with Gasteiger partial charge in [0.25, 0.3) is 5.91 Å². The van der Waals surface area contributed by atoms with Crippen LogP contribution in [-0.2, 0) is 26.6 Å². The molecule has 0 fully saturated rings. The normalized spacial score (nSPS) is 13.0. The first-order valence-electron chi connectivity index (χ1n) is 9.12. The second-order valence-corrected chi connectivity index (χ2v) is 10.1. The van der Waals surface area contributed by atoms with Crippen LogP contribution in [-0.4, -0.2) is 22.7 Å². The maximum atomic E-state index is 12.6. The Labute approximate surface area is 180 Å². The van der Waals surface area contributed by atoms with Crippen LogP contribution in [0.5, 0.6) is 0 Å². The number of nitrogens with one attached hydrogen (secondary N) is 2. The third kappa shape index (κ3) is 5.79. The van der Waals surface area contributed by atoms with E-state index in [2.05, 4.69) is 10.0 Å². The van der Waals surface area contributed by atoms with Crippen LogP contribution in [0, 0.1) is 0 Å². The number of primary sulfonamides is 1. The Morgan fingerprint density at radius 3 is 2.32 bits per heavy atom. The first-order valence-corrected chi connectivity index (χ1v) is 12.1. The van der Waals surface area contributed by atoms with Gasteiger partial charge in [-0.2, -0.15) is 0 Å². The van der Waals surface area contributed by atoms with Gasteiger partial charge in [-0.05, 0) is 55.0 Å². The van der Waals surface area contributed by atoms with Gasteiger partial charge < -0.3 is 9.73 Å². The Balaban J connectivity index is 1.70. The fourth-order valence-corrected chi connectivity index (χ4v) is 4.33. The van der Waals surface area contributed by atoms with E-state index in [1.165, 1.54) is 42.7 Å². The molecule has 1 atom stereocenters. The van der Waals surface area contributed by atoms with Crippen LogP contribution in [0.15, 0.2) is 81.1 Å². The van der Waals surface area contributed by atoms with Gasteiger partial charge in [0.15, 0.2) is 0 Å². The van der Waals surface area contributed by atoms with E-state index in [1.807, 2.05) is 0 Å². The maximum absolute atomic E-state index is 12.6. The largest absolute Gasteiger partial charge is 0.468 e. The van der Waals surface area contributed by atoms with Crippen molar-refractivity contribution in [2.24, 2.45) is 5.14 Å². The number of hydrogen-bond acceptors (Lipinski definition) is 6. The van der Waals surface area contributed by atoms with E-state index < -0.39 is 32.0 Å². The van der Waals surface area contributed by atoms with E-state index in [0.717, 1.165) is 0 Å². The van der Waals surface area contributed by atoms with E-state index in [-0.39, 0.29) is 21.9 Å². The van der Waals surface area contributed by atoms with E-state index in [0.29, 0.717) is 11.3 Å². The first kappa shape index (κ1) is 22.7. The van der Waals surface area contributed by atoms with Gasteiger partial charge >= 0.3 is 0 Å². The molecular weight excluding hydrogens is 442 g/mol. The monoisotopic (exact) mass is 463 g/mol. The molecular formula is C20H21N3O6S2. The summed E-state index contributed by atoms with van der Waals surface area (Å²) in [5.74, 6) is -0.0224. The van der Waals surface area contributed by atoms with E-state index in [4.69, 9.17) is 9.56 Å². The van der Waals surface area contributed by atoms with Crippen LogP contribution in [0.2, 0.25) is 0 Å². The molecule has 1 aromatic heterocycles. The molecule has 2 aromatic carbocycles. The zero-order valence-corrected chi connectivity index (χ0v) is 18.1. The van der Waals surface area contributed by atoms with Crippen LogP contribution in [0.25, 0.3) is 0 Å². The van der Waals surface area contributed by atoms with E-state index >= 15 is 0 Å². The van der Waals surface area contributed by atoms with Crippen molar-refractivity contribution in [2.45, 2.75) is 29.3 Å². The lowest BCUT2D eigenvalue weighted by Crippen LogP contribution is -2.27. The highest BCUT2D eigenvalue weighted by Crippen LogP contribution is 2.17. The fraction of sp³-hybridized carbons (Fsp3) is 0.150. The first-order chi connectivity index (χ1) is 14.6. The average Bonchev–Trinajstić information content (AvgIpc) is 3.26. The Hall–Kier alpha value is -2.99. The van der Waals surface area contributed by atoms with Crippen LogP contribution in [0.4, 0.5) is 0 Å². The molecule has 0 spiro atoms. The zero-order valence-electron chi connectivity index (χ0n) is 16.5. The van der Waals surface area contributed by atoms with Crippen molar-refractivity contribution in [2.75, 3.05) is 0 Å². The van der Waals surface area contributed by atoms with Crippen LogP contribution in [0.3, 0.4) is 0 Å². The van der Waals surface area contributed by atoms with Gasteiger partial charge in [0, 0.05) is 5.56 Å². The SMILES string of the molecule is CC(NC(=O)c1cccc(S(=O)(=O)NCc2ccco2)c1)c1ccc(S(N)(=O)=O)cc1. The number of sulfonamides is 2. The summed E-state index contributed by atoms with van der Waals surface area (Å²) >= 11 is 0. The third-order valence-corrected chi connectivity index (χ3v) is 6.81. The predicted molar refractivity (Wildman–Crippen MR) is 113 cm³/mol. The summed E-state index contributed by atoms with van der Waals surface area (Å²) in [4.78, 5) is 12.5. The lowest BCUT2D eigenvalue weighted by Gasteiger charge is -2.15. The minimum absolute atomic E-state index is 0.0166. The molecule has 3 aromatic rings. The number of furan rings is 1. The molecule has 0 aliphatic rings. The Morgan fingerprint density at radius 1 is 1.00 bits per heavy atom. The van der Waals surface area contributed by atoms with Gasteiger partial charge in [-0.25, -0.2) is 26.7 Å². The third-order valence-electron chi connectivity index (χ3n) is 4.48. The van der Waals surface area contributed by atoms with Crippen LogP contribution in [0.1, 0.15) is 34.6 Å². The minimum Gasteiger partial charge on any atom is -0.468 e. The highest BCUT2D eigenvalue weighted by molar-refractivity contribution is 7.89. The van der Waals surface area contributed by atoms with E-state index in [1.54, 1.807) is 31.2 Å². The van der Waals surface area contributed by atoms with Crippen molar-refractivity contribution >= 4 is 26.0 Å².